The van der Waals surface area contributed by atoms with E-state index in [-0.39, 0.29) is 0 Å². The van der Waals surface area contributed by atoms with Crippen molar-refractivity contribution in [2.24, 2.45) is 5.73 Å². The predicted octanol–water partition coefficient (Wildman–Crippen LogP) is 3.86. The van der Waals surface area contributed by atoms with Gasteiger partial charge in [-0.05, 0) is 55.5 Å². The SMILES string of the molecule is Cc1cc(CCCCN)ccc1OCc1ccccc1. The molecule has 0 aliphatic heterocycles. The minimum atomic E-state index is 0.619. The molecule has 0 amide bonds. The summed E-state index contributed by atoms with van der Waals surface area (Å²) in [4.78, 5) is 0. The van der Waals surface area contributed by atoms with Crippen LogP contribution in [0.4, 0.5) is 0 Å². The van der Waals surface area contributed by atoms with Crippen LogP contribution >= 0.6 is 0 Å². The van der Waals surface area contributed by atoms with E-state index in [1.807, 2.05) is 18.2 Å². The van der Waals surface area contributed by atoms with Gasteiger partial charge < -0.3 is 10.5 Å². The van der Waals surface area contributed by atoms with Crippen molar-refractivity contribution in [1.82, 2.24) is 0 Å². The molecule has 0 atom stereocenters. The van der Waals surface area contributed by atoms with Crippen LogP contribution in [0, 0.1) is 6.92 Å². The zero-order valence-corrected chi connectivity index (χ0v) is 12.1. The van der Waals surface area contributed by atoms with Gasteiger partial charge >= 0.3 is 0 Å². The highest BCUT2D eigenvalue weighted by Gasteiger charge is 2.02. The van der Waals surface area contributed by atoms with Crippen molar-refractivity contribution in [1.29, 1.82) is 0 Å². The Labute approximate surface area is 121 Å². The van der Waals surface area contributed by atoms with Crippen LogP contribution < -0.4 is 10.5 Å². The smallest absolute Gasteiger partial charge is 0.122 e. The molecule has 0 spiro atoms. The fraction of sp³-hybridized carbons (Fsp3) is 0.333. The summed E-state index contributed by atoms with van der Waals surface area (Å²) in [5.41, 5.74) is 9.28. The van der Waals surface area contributed by atoms with Crippen LogP contribution in [0.15, 0.2) is 48.5 Å². The van der Waals surface area contributed by atoms with E-state index in [9.17, 15) is 0 Å². The number of rotatable bonds is 7. The average Bonchev–Trinajstić information content (AvgIpc) is 2.48. The molecule has 2 nitrogen and oxygen atoms in total. The number of unbranched alkanes of at least 4 members (excludes halogenated alkanes) is 1. The standard InChI is InChI=1S/C18H23NO/c1-15-13-16(7-5-6-12-19)10-11-18(15)20-14-17-8-3-2-4-9-17/h2-4,8-11,13H,5-7,12,14,19H2,1H3. The molecule has 106 valence electrons. The summed E-state index contributed by atoms with van der Waals surface area (Å²) in [6, 6.07) is 16.7. The first-order valence-corrected chi connectivity index (χ1v) is 7.26. The fourth-order valence-corrected chi connectivity index (χ4v) is 2.24. The highest BCUT2D eigenvalue weighted by Crippen LogP contribution is 2.21. The predicted molar refractivity (Wildman–Crippen MR) is 83.9 cm³/mol. The van der Waals surface area contributed by atoms with Crippen LogP contribution in [-0.4, -0.2) is 6.54 Å². The third-order valence-corrected chi connectivity index (χ3v) is 3.40. The summed E-state index contributed by atoms with van der Waals surface area (Å²) in [5, 5.41) is 0. The van der Waals surface area contributed by atoms with Gasteiger partial charge in [-0.3, -0.25) is 0 Å². The molecular formula is C18H23NO. The molecule has 0 aliphatic carbocycles. The molecule has 0 saturated carbocycles. The van der Waals surface area contributed by atoms with Crippen LogP contribution in [0.1, 0.15) is 29.5 Å². The molecule has 2 heteroatoms. The van der Waals surface area contributed by atoms with Gasteiger partial charge in [-0.15, -0.1) is 0 Å². The average molecular weight is 269 g/mol. The molecule has 0 fully saturated rings. The van der Waals surface area contributed by atoms with Gasteiger partial charge in [0.15, 0.2) is 0 Å². The largest absolute Gasteiger partial charge is 0.489 e. The second kappa shape index (κ2) is 7.71. The van der Waals surface area contributed by atoms with Crippen LogP contribution in [0.5, 0.6) is 5.75 Å². The lowest BCUT2D eigenvalue weighted by molar-refractivity contribution is 0.304. The first-order valence-electron chi connectivity index (χ1n) is 7.26. The Hall–Kier alpha value is -1.80. The first-order chi connectivity index (χ1) is 9.79. The number of hydrogen-bond donors (Lipinski definition) is 1. The molecule has 0 unspecified atom stereocenters. The van der Waals surface area contributed by atoms with E-state index >= 15 is 0 Å². The summed E-state index contributed by atoms with van der Waals surface area (Å²) in [7, 11) is 0. The lowest BCUT2D eigenvalue weighted by Crippen LogP contribution is -2.00. The van der Waals surface area contributed by atoms with Gasteiger partial charge in [0.25, 0.3) is 0 Å². The molecule has 0 saturated heterocycles. The number of hydrogen-bond acceptors (Lipinski definition) is 2. The number of aryl methyl sites for hydroxylation is 2. The Kier molecular flexibility index (Phi) is 5.63. The fourth-order valence-electron chi connectivity index (χ4n) is 2.24. The molecule has 20 heavy (non-hydrogen) atoms. The van der Waals surface area contributed by atoms with Gasteiger partial charge in [0, 0.05) is 0 Å². The highest BCUT2D eigenvalue weighted by atomic mass is 16.5. The van der Waals surface area contributed by atoms with Crippen LogP contribution in [0.3, 0.4) is 0 Å². The van der Waals surface area contributed by atoms with Gasteiger partial charge in [-0.1, -0.05) is 42.5 Å². The van der Waals surface area contributed by atoms with Crippen LogP contribution in [0.2, 0.25) is 0 Å². The maximum atomic E-state index is 5.88. The lowest BCUT2D eigenvalue weighted by atomic mass is 10.1. The molecule has 0 aromatic heterocycles. The summed E-state index contributed by atoms with van der Waals surface area (Å²) in [5.74, 6) is 0.969. The van der Waals surface area contributed by atoms with Gasteiger partial charge in [0.1, 0.15) is 12.4 Å². The Morgan fingerprint density at radius 2 is 1.75 bits per heavy atom. The molecule has 2 N–H and O–H groups in total. The quantitative estimate of drug-likeness (QED) is 0.775. The highest BCUT2D eigenvalue weighted by molar-refractivity contribution is 5.36. The molecule has 0 radical (unpaired) electrons. The maximum Gasteiger partial charge on any atom is 0.122 e. The van der Waals surface area contributed by atoms with Gasteiger partial charge in [-0.25, -0.2) is 0 Å². The minimum absolute atomic E-state index is 0.619. The maximum absolute atomic E-state index is 5.88. The summed E-state index contributed by atoms with van der Waals surface area (Å²) in [6.07, 6.45) is 3.34. The number of nitrogens with two attached hydrogens (primary N) is 1. The second-order valence-electron chi connectivity index (χ2n) is 5.12. The molecule has 2 aromatic carbocycles. The Bertz CT molecular complexity index is 522. The zero-order valence-electron chi connectivity index (χ0n) is 12.1. The van der Waals surface area contributed by atoms with Crippen LogP contribution in [-0.2, 0) is 13.0 Å². The Morgan fingerprint density at radius 3 is 2.45 bits per heavy atom. The van der Waals surface area contributed by atoms with E-state index in [0.717, 1.165) is 31.6 Å². The normalized spacial score (nSPS) is 10.5. The van der Waals surface area contributed by atoms with Crippen LogP contribution in [0.25, 0.3) is 0 Å². The van der Waals surface area contributed by atoms with Gasteiger partial charge in [0.05, 0.1) is 0 Å². The van der Waals surface area contributed by atoms with Crippen molar-refractivity contribution in [3.05, 3.63) is 65.2 Å². The molecular weight excluding hydrogens is 246 g/mol. The molecule has 0 aliphatic rings. The zero-order chi connectivity index (χ0) is 14.2. The van der Waals surface area contributed by atoms with Gasteiger partial charge in [-0.2, -0.15) is 0 Å². The lowest BCUT2D eigenvalue weighted by Gasteiger charge is -2.11. The van der Waals surface area contributed by atoms with Gasteiger partial charge in [0.2, 0.25) is 0 Å². The number of ether oxygens (including phenoxy) is 1. The molecule has 0 bridgehead atoms. The Balaban J connectivity index is 1.92. The third kappa shape index (κ3) is 4.39. The summed E-state index contributed by atoms with van der Waals surface area (Å²) in [6.45, 7) is 3.50. The van der Waals surface area contributed by atoms with Crippen molar-refractivity contribution in [2.45, 2.75) is 32.8 Å². The van der Waals surface area contributed by atoms with Crippen molar-refractivity contribution in [3.8, 4) is 5.75 Å². The number of benzene rings is 2. The molecule has 0 heterocycles. The molecule has 2 aromatic rings. The topological polar surface area (TPSA) is 35.2 Å². The van der Waals surface area contributed by atoms with Crippen molar-refractivity contribution < 1.29 is 4.74 Å². The summed E-state index contributed by atoms with van der Waals surface area (Å²) < 4.78 is 5.88. The van der Waals surface area contributed by atoms with E-state index < -0.39 is 0 Å². The van der Waals surface area contributed by atoms with E-state index in [4.69, 9.17) is 10.5 Å². The van der Waals surface area contributed by atoms with Crippen molar-refractivity contribution in [2.75, 3.05) is 6.54 Å². The summed E-state index contributed by atoms with van der Waals surface area (Å²) >= 11 is 0. The van der Waals surface area contributed by atoms with E-state index in [1.165, 1.54) is 16.7 Å². The van der Waals surface area contributed by atoms with Crippen molar-refractivity contribution in [3.63, 3.8) is 0 Å². The first kappa shape index (κ1) is 14.6. The monoisotopic (exact) mass is 269 g/mol. The van der Waals surface area contributed by atoms with E-state index in [1.54, 1.807) is 0 Å². The molecule has 2 rings (SSSR count). The van der Waals surface area contributed by atoms with Crippen molar-refractivity contribution >= 4 is 0 Å². The Morgan fingerprint density at radius 1 is 0.950 bits per heavy atom. The third-order valence-electron chi connectivity index (χ3n) is 3.40. The van der Waals surface area contributed by atoms with E-state index in [0.29, 0.717) is 6.61 Å². The van der Waals surface area contributed by atoms with E-state index in [2.05, 4.69) is 37.3 Å². The minimum Gasteiger partial charge on any atom is -0.489 e. The second-order valence-corrected chi connectivity index (χ2v) is 5.12.